The molecule has 3 saturated carbocycles. The lowest BCUT2D eigenvalue weighted by atomic mass is 9.70. The van der Waals surface area contributed by atoms with Crippen molar-refractivity contribution in [2.75, 3.05) is 13.2 Å². The SMILES string of the molecule is CC1(C)[C@H]2CC[C@](C)(C2)[C@@H]1OC[C@H](O)C[NH2+]C1CCCC1. The van der Waals surface area contributed by atoms with Gasteiger partial charge in [0.15, 0.2) is 0 Å². The second kappa shape index (κ2) is 5.82. The Morgan fingerprint density at radius 3 is 2.52 bits per heavy atom. The molecule has 3 heteroatoms. The molecule has 0 aromatic carbocycles. The molecule has 3 nitrogen and oxygen atoms in total. The summed E-state index contributed by atoms with van der Waals surface area (Å²) >= 11 is 0. The van der Waals surface area contributed by atoms with Crippen LogP contribution in [0.3, 0.4) is 0 Å². The first-order valence-electron chi connectivity index (χ1n) is 9.05. The van der Waals surface area contributed by atoms with Crippen LogP contribution in [0.2, 0.25) is 0 Å². The van der Waals surface area contributed by atoms with E-state index in [0.29, 0.717) is 18.1 Å². The molecule has 0 unspecified atom stereocenters. The number of hydrogen-bond donors (Lipinski definition) is 2. The minimum Gasteiger partial charge on any atom is -0.385 e. The van der Waals surface area contributed by atoms with Gasteiger partial charge in [-0.3, -0.25) is 0 Å². The Labute approximate surface area is 129 Å². The molecule has 2 bridgehead atoms. The van der Waals surface area contributed by atoms with E-state index >= 15 is 0 Å². The summed E-state index contributed by atoms with van der Waals surface area (Å²) in [5.41, 5.74) is 0.630. The third kappa shape index (κ3) is 3.02. The Morgan fingerprint density at radius 1 is 1.19 bits per heavy atom. The predicted octanol–water partition coefficient (Wildman–Crippen LogP) is 2.08. The van der Waals surface area contributed by atoms with Crippen LogP contribution in [0.5, 0.6) is 0 Å². The average Bonchev–Trinajstić information content (AvgIpc) is 3.09. The lowest BCUT2D eigenvalue weighted by Gasteiger charge is -2.42. The first kappa shape index (κ1) is 15.8. The first-order valence-corrected chi connectivity index (χ1v) is 9.05. The summed E-state index contributed by atoms with van der Waals surface area (Å²) in [6, 6.07) is 0.746. The maximum atomic E-state index is 10.2. The average molecular weight is 296 g/mol. The number of fused-ring (bicyclic) bond motifs is 2. The van der Waals surface area contributed by atoms with E-state index in [1.54, 1.807) is 0 Å². The van der Waals surface area contributed by atoms with Crippen molar-refractivity contribution in [2.45, 2.75) is 84.0 Å². The molecular formula is C18H34NO2+. The molecule has 122 valence electrons. The minimum atomic E-state index is -0.316. The number of nitrogens with two attached hydrogens (primary N) is 1. The van der Waals surface area contributed by atoms with Crippen LogP contribution >= 0.6 is 0 Å². The van der Waals surface area contributed by atoms with Crippen molar-refractivity contribution >= 4 is 0 Å². The van der Waals surface area contributed by atoms with Crippen LogP contribution < -0.4 is 5.32 Å². The quantitative estimate of drug-likeness (QED) is 0.788. The topological polar surface area (TPSA) is 46.1 Å². The van der Waals surface area contributed by atoms with E-state index in [2.05, 4.69) is 26.1 Å². The van der Waals surface area contributed by atoms with Gasteiger partial charge in [-0.15, -0.1) is 0 Å². The second-order valence-electron chi connectivity index (χ2n) is 8.80. The van der Waals surface area contributed by atoms with Crippen LogP contribution in [-0.4, -0.2) is 36.5 Å². The van der Waals surface area contributed by atoms with Crippen LogP contribution in [0.4, 0.5) is 0 Å². The van der Waals surface area contributed by atoms with Crippen molar-refractivity contribution < 1.29 is 15.2 Å². The molecule has 0 aliphatic heterocycles. The summed E-state index contributed by atoms with van der Waals surface area (Å²) in [4.78, 5) is 0. The van der Waals surface area contributed by atoms with Crippen molar-refractivity contribution in [1.29, 1.82) is 0 Å². The number of aliphatic hydroxyl groups excluding tert-OH is 1. The molecule has 0 amide bonds. The predicted molar refractivity (Wildman–Crippen MR) is 84.0 cm³/mol. The lowest BCUT2D eigenvalue weighted by Crippen LogP contribution is -2.91. The van der Waals surface area contributed by atoms with Crippen molar-refractivity contribution in [2.24, 2.45) is 16.7 Å². The molecule has 0 heterocycles. The molecule has 0 saturated heterocycles. The van der Waals surface area contributed by atoms with Crippen LogP contribution in [0.25, 0.3) is 0 Å². The van der Waals surface area contributed by atoms with Gasteiger partial charge < -0.3 is 15.2 Å². The van der Waals surface area contributed by atoms with Gasteiger partial charge in [0.05, 0.1) is 18.8 Å². The molecular weight excluding hydrogens is 262 g/mol. The molecule has 0 aromatic rings. The molecule has 0 radical (unpaired) electrons. The maximum Gasteiger partial charge on any atom is 0.126 e. The van der Waals surface area contributed by atoms with Crippen LogP contribution in [-0.2, 0) is 4.74 Å². The summed E-state index contributed by atoms with van der Waals surface area (Å²) in [6.45, 7) is 8.44. The summed E-state index contributed by atoms with van der Waals surface area (Å²) in [7, 11) is 0. The number of rotatable bonds is 6. The molecule has 3 fully saturated rings. The number of hydrogen-bond acceptors (Lipinski definition) is 2. The number of quaternary nitrogens is 1. The first-order chi connectivity index (χ1) is 9.92. The highest BCUT2D eigenvalue weighted by Crippen LogP contribution is 2.63. The maximum absolute atomic E-state index is 10.2. The zero-order valence-corrected chi connectivity index (χ0v) is 14.1. The van der Waals surface area contributed by atoms with Crippen molar-refractivity contribution in [3.05, 3.63) is 0 Å². The normalized spacial score (nSPS) is 40.0. The van der Waals surface area contributed by atoms with Gasteiger partial charge in [-0.05, 0) is 61.7 Å². The van der Waals surface area contributed by atoms with Crippen LogP contribution in [0.1, 0.15) is 65.7 Å². The Balaban J connectivity index is 1.46. The van der Waals surface area contributed by atoms with Crippen molar-refractivity contribution in [3.63, 3.8) is 0 Å². The molecule has 0 aromatic heterocycles. The number of ether oxygens (including phenoxy) is 1. The van der Waals surface area contributed by atoms with E-state index in [4.69, 9.17) is 4.74 Å². The fourth-order valence-corrected chi connectivity index (χ4v) is 5.49. The molecule has 3 aliphatic rings. The fourth-order valence-electron chi connectivity index (χ4n) is 5.49. The van der Waals surface area contributed by atoms with Gasteiger partial charge >= 0.3 is 0 Å². The Bertz CT molecular complexity index is 359. The molecule has 0 spiro atoms. The monoisotopic (exact) mass is 296 g/mol. The third-order valence-corrected chi connectivity index (χ3v) is 6.73. The van der Waals surface area contributed by atoms with E-state index in [1.165, 1.54) is 44.9 Å². The van der Waals surface area contributed by atoms with Gasteiger partial charge in [0.1, 0.15) is 12.6 Å². The van der Waals surface area contributed by atoms with Gasteiger partial charge in [-0.1, -0.05) is 20.8 Å². The zero-order valence-electron chi connectivity index (χ0n) is 14.1. The zero-order chi connectivity index (χ0) is 15.1. The van der Waals surface area contributed by atoms with Gasteiger partial charge in [0.25, 0.3) is 0 Å². The standard InChI is InChI=1S/C18H33NO2/c1-17(2)13-8-9-18(3,10-13)16(17)21-12-15(20)11-19-14-6-4-5-7-14/h13-16,19-20H,4-12H2,1-3H3/p+1/t13-,15+,16+,18+/m0/s1. The number of aliphatic hydroxyl groups is 1. The highest BCUT2D eigenvalue weighted by molar-refractivity contribution is 5.09. The third-order valence-electron chi connectivity index (χ3n) is 6.73. The summed E-state index contributed by atoms with van der Waals surface area (Å²) in [6.07, 6.45) is 9.36. The van der Waals surface area contributed by atoms with E-state index in [1.807, 2.05) is 0 Å². The summed E-state index contributed by atoms with van der Waals surface area (Å²) in [5.74, 6) is 0.815. The van der Waals surface area contributed by atoms with E-state index in [-0.39, 0.29) is 11.5 Å². The highest BCUT2D eigenvalue weighted by atomic mass is 16.5. The second-order valence-corrected chi connectivity index (χ2v) is 8.80. The van der Waals surface area contributed by atoms with Gasteiger partial charge in [-0.25, -0.2) is 0 Å². The highest BCUT2D eigenvalue weighted by Gasteiger charge is 2.60. The Morgan fingerprint density at radius 2 is 1.90 bits per heavy atom. The van der Waals surface area contributed by atoms with Gasteiger partial charge in [0.2, 0.25) is 0 Å². The van der Waals surface area contributed by atoms with Gasteiger partial charge in [0, 0.05) is 0 Å². The van der Waals surface area contributed by atoms with Crippen molar-refractivity contribution in [3.8, 4) is 0 Å². The fraction of sp³-hybridized carbons (Fsp3) is 1.00. The Kier molecular flexibility index (Phi) is 4.37. The van der Waals surface area contributed by atoms with E-state index in [0.717, 1.165) is 18.5 Å². The molecule has 3 N–H and O–H groups in total. The molecule has 3 aliphatic carbocycles. The van der Waals surface area contributed by atoms with E-state index in [9.17, 15) is 5.11 Å². The van der Waals surface area contributed by atoms with Crippen LogP contribution in [0, 0.1) is 16.7 Å². The smallest absolute Gasteiger partial charge is 0.126 e. The summed E-state index contributed by atoms with van der Waals surface area (Å²) in [5, 5.41) is 12.6. The molecule has 4 atom stereocenters. The Hall–Kier alpha value is -0.120. The van der Waals surface area contributed by atoms with Crippen LogP contribution in [0.15, 0.2) is 0 Å². The van der Waals surface area contributed by atoms with Gasteiger partial charge in [-0.2, -0.15) is 0 Å². The largest absolute Gasteiger partial charge is 0.385 e. The molecule has 21 heavy (non-hydrogen) atoms. The van der Waals surface area contributed by atoms with Crippen molar-refractivity contribution in [1.82, 2.24) is 0 Å². The molecule has 3 rings (SSSR count). The van der Waals surface area contributed by atoms with E-state index < -0.39 is 0 Å². The summed E-state index contributed by atoms with van der Waals surface area (Å²) < 4.78 is 6.26. The minimum absolute atomic E-state index is 0.280. The lowest BCUT2D eigenvalue weighted by molar-refractivity contribution is -0.693.